The predicted octanol–water partition coefficient (Wildman–Crippen LogP) is 1.95. The van der Waals surface area contributed by atoms with Gasteiger partial charge in [0, 0.05) is 12.1 Å². The molecule has 1 N–H and O–H groups in total. The number of hydrogen-bond acceptors (Lipinski definition) is 3. The molecular formula is C16H21NO4. The van der Waals surface area contributed by atoms with Gasteiger partial charge in [-0.1, -0.05) is 25.5 Å². The van der Waals surface area contributed by atoms with Crippen molar-refractivity contribution in [2.24, 2.45) is 0 Å². The van der Waals surface area contributed by atoms with Crippen molar-refractivity contribution in [2.45, 2.75) is 38.9 Å². The van der Waals surface area contributed by atoms with Crippen LogP contribution in [0.15, 0.2) is 24.3 Å². The molecule has 0 aromatic heterocycles. The maximum Gasteiger partial charge on any atom is 0.334 e. The smallest absolute Gasteiger partial charge is 0.334 e. The molecule has 1 aromatic carbocycles. The lowest BCUT2D eigenvalue weighted by Crippen LogP contribution is -2.51. The number of nitrogens with zero attached hydrogens (tertiary/aromatic N) is 1. The minimum Gasteiger partial charge on any atom is -0.479 e. The van der Waals surface area contributed by atoms with E-state index in [9.17, 15) is 9.59 Å². The summed E-state index contributed by atoms with van der Waals surface area (Å²) in [6.45, 7) is 4.40. The van der Waals surface area contributed by atoms with Gasteiger partial charge in [0.1, 0.15) is 0 Å². The summed E-state index contributed by atoms with van der Waals surface area (Å²) in [5.41, 5.74) is 1.79. The molecule has 0 aliphatic carbocycles. The molecule has 0 saturated carbocycles. The van der Waals surface area contributed by atoms with Crippen LogP contribution in [0.1, 0.15) is 36.2 Å². The molecule has 1 saturated heterocycles. The van der Waals surface area contributed by atoms with Crippen LogP contribution in [0.25, 0.3) is 0 Å². The first-order valence-corrected chi connectivity index (χ1v) is 7.27. The third kappa shape index (κ3) is 3.82. The lowest BCUT2D eigenvalue weighted by atomic mass is 10.1. The first kappa shape index (κ1) is 15.5. The second-order valence-electron chi connectivity index (χ2n) is 5.43. The van der Waals surface area contributed by atoms with Crippen molar-refractivity contribution in [3.05, 3.63) is 35.4 Å². The van der Waals surface area contributed by atoms with E-state index in [1.807, 2.05) is 24.3 Å². The molecule has 2 atom stereocenters. The average molecular weight is 291 g/mol. The first-order valence-electron chi connectivity index (χ1n) is 7.27. The molecule has 114 valence electrons. The highest BCUT2D eigenvalue weighted by Crippen LogP contribution is 2.16. The number of benzene rings is 1. The fourth-order valence-electron chi connectivity index (χ4n) is 2.54. The molecule has 0 radical (unpaired) electrons. The SMILES string of the molecule is CCCc1ccc(C(=O)N2CC(C(=O)O)O[C@H](C)C2)cc1. The van der Waals surface area contributed by atoms with Gasteiger partial charge in [-0.2, -0.15) is 0 Å². The van der Waals surface area contributed by atoms with Gasteiger partial charge < -0.3 is 14.7 Å². The number of morpholine rings is 1. The zero-order chi connectivity index (χ0) is 15.4. The highest BCUT2D eigenvalue weighted by Gasteiger charge is 2.32. The normalized spacial score (nSPS) is 22.1. The van der Waals surface area contributed by atoms with E-state index in [-0.39, 0.29) is 18.6 Å². The summed E-state index contributed by atoms with van der Waals surface area (Å²) < 4.78 is 5.32. The van der Waals surface area contributed by atoms with Gasteiger partial charge in [0.25, 0.3) is 5.91 Å². The second-order valence-corrected chi connectivity index (χ2v) is 5.43. The molecule has 1 amide bonds. The molecule has 21 heavy (non-hydrogen) atoms. The van der Waals surface area contributed by atoms with Crippen molar-refractivity contribution in [2.75, 3.05) is 13.1 Å². The van der Waals surface area contributed by atoms with Crippen molar-refractivity contribution in [3.63, 3.8) is 0 Å². The number of aryl methyl sites for hydroxylation is 1. The van der Waals surface area contributed by atoms with Gasteiger partial charge >= 0.3 is 5.97 Å². The number of carbonyl (C=O) groups is 2. The Kier molecular flexibility index (Phi) is 4.96. The molecule has 1 aromatic rings. The summed E-state index contributed by atoms with van der Waals surface area (Å²) in [6.07, 6.45) is 0.832. The molecule has 5 heteroatoms. The summed E-state index contributed by atoms with van der Waals surface area (Å²) in [4.78, 5) is 25.1. The quantitative estimate of drug-likeness (QED) is 0.920. The Morgan fingerprint density at radius 1 is 1.29 bits per heavy atom. The van der Waals surface area contributed by atoms with E-state index in [2.05, 4.69) is 6.92 Å². The van der Waals surface area contributed by atoms with Crippen LogP contribution < -0.4 is 0 Å². The number of rotatable bonds is 4. The Hall–Kier alpha value is -1.88. The fourth-order valence-corrected chi connectivity index (χ4v) is 2.54. The minimum atomic E-state index is -1.03. The number of hydrogen-bond donors (Lipinski definition) is 1. The van der Waals surface area contributed by atoms with Crippen LogP contribution in [-0.4, -0.2) is 47.2 Å². The Morgan fingerprint density at radius 3 is 2.52 bits per heavy atom. The van der Waals surface area contributed by atoms with Crippen LogP contribution >= 0.6 is 0 Å². The molecule has 1 unspecified atom stereocenters. The lowest BCUT2D eigenvalue weighted by molar-refractivity contribution is -0.160. The second kappa shape index (κ2) is 6.72. The molecule has 0 spiro atoms. The molecular weight excluding hydrogens is 270 g/mol. The van der Waals surface area contributed by atoms with E-state index in [1.54, 1.807) is 11.8 Å². The maximum absolute atomic E-state index is 12.5. The van der Waals surface area contributed by atoms with E-state index < -0.39 is 12.1 Å². The van der Waals surface area contributed by atoms with Crippen LogP contribution in [-0.2, 0) is 16.0 Å². The van der Waals surface area contributed by atoms with Crippen molar-refractivity contribution in [1.82, 2.24) is 4.90 Å². The summed E-state index contributed by atoms with van der Waals surface area (Å²) in [5, 5.41) is 9.06. The number of ether oxygens (including phenoxy) is 1. The van der Waals surface area contributed by atoms with E-state index >= 15 is 0 Å². The zero-order valence-corrected chi connectivity index (χ0v) is 12.4. The van der Waals surface area contributed by atoms with Crippen LogP contribution in [0.4, 0.5) is 0 Å². The standard InChI is InChI=1S/C16H21NO4/c1-3-4-12-5-7-13(8-6-12)15(18)17-9-11(2)21-14(10-17)16(19)20/h5-8,11,14H,3-4,9-10H2,1-2H3,(H,19,20)/t11-,14?/m1/s1. The summed E-state index contributed by atoms with van der Waals surface area (Å²) in [7, 11) is 0. The fraction of sp³-hybridized carbons (Fsp3) is 0.500. The maximum atomic E-state index is 12.5. The third-order valence-corrected chi connectivity index (χ3v) is 3.56. The molecule has 1 aliphatic heterocycles. The highest BCUT2D eigenvalue weighted by molar-refractivity contribution is 5.94. The van der Waals surface area contributed by atoms with Gasteiger partial charge in [-0.25, -0.2) is 4.79 Å². The summed E-state index contributed by atoms with van der Waals surface area (Å²) in [5.74, 6) is -1.17. The van der Waals surface area contributed by atoms with Crippen LogP contribution in [0.2, 0.25) is 0 Å². The van der Waals surface area contributed by atoms with Crippen molar-refractivity contribution < 1.29 is 19.4 Å². The third-order valence-electron chi connectivity index (χ3n) is 3.56. The number of aliphatic carboxylic acids is 1. The topological polar surface area (TPSA) is 66.8 Å². The largest absolute Gasteiger partial charge is 0.479 e. The summed E-state index contributed by atoms with van der Waals surface area (Å²) in [6, 6.07) is 7.52. The van der Waals surface area contributed by atoms with Crippen molar-refractivity contribution in [1.29, 1.82) is 0 Å². The molecule has 1 heterocycles. The van der Waals surface area contributed by atoms with Gasteiger partial charge in [-0.15, -0.1) is 0 Å². The predicted molar refractivity (Wildman–Crippen MR) is 78.3 cm³/mol. The Labute approximate surface area is 124 Å². The van der Waals surface area contributed by atoms with Gasteiger partial charge in [-0.3, -0.25) is 4.79 Å². The Morgan fingerprint density at radius 2 is 1.95 bits per heavy atom. The first-order chi connectivity index (χ1) is 10.0. The molecule has 0 bridgehead atoms. The van der Waals surface area contributed by atoms with Gasteiger partial charge in [-0.05, 0) is 31.0 Å². The minimum absolute atomic E-state index is 0.0925. The summed E-state index contributed by atoms with van der Waals surface area (Å²) >= 11 is 0. The van der Waals surface area contributed by atoms with E-state index in [0.29, 0.717) is 12.1 Å². The van der Waals surface area contributed by atoms with Gasteiger partial charge in [0.05, 0.1) is 12.6 Å². The van der Waals surface area contributed by atoms with Crippen LogP contribution in [0.5, 0.6) is 0 Å². The number of amides is 1. The van der Waals surface area contributed by atoms with Crippen LogP contribution in [0.3, 0.4) is 0 Å². The molecule has 5 nitrogen and oxygen atoms in total. The van der Waals surface area contributed by atoms with Gasteiger partial charge in [0.2, 0.25) is 0 Å². The molecule has 2 rings (SSSR count). The highest BCUT2D eigenvalue weighted by atomic mass is 16.5. The van der Waals surface area contributed by atoms with E-state index in [0.717, 1.165) is 12.8 Å². The number of carboxylic acids is 1. The monoisotopic (exact) mass is 291 g/mol. The zero-order valence-electron chi connectivity index (χ0n) is 12.4. The van der Waals surface area contributed by atoms with Crippen LogP contribution in [0, 0.1) is 0 Å². The van der Waals surface area contributed by atoms with Gasteiger partial charge in [0.15, 0.2) is 6.10 Å². The van der Waals surface area contributed by atoms with Crippen molar-refractivity contribution in [3.8, 4) is 0 Å². The van der Waals surface area contributed by atoms with E-state index in [4.69, 9.17) is 9.84 Å². The Bertz CT molecular complexity index is 512. The Balaban J connectivity index is 2.09. The lowest BCUT2D eigenvalue weighted by Gasteiger charge is -2.35. The molecule has 1 aliphatic rings. The molecule has 1 fully saturated rings. The average Bonchev–Trinajstić information content (AvgIpc) is 2.47. The number of carboxylic acid groups (broad SMARTS) is 1. The number of carbonyl (C=O) groups excluding carboxylic acids is 1. The van der Waals surface area contributed by atoms with E-state index in [1.165, 1.54) is 5.56 Å². The van der Waals surface area contributed by atoms with Crippen molar-refractivity contribution >= 4 is 11.9 Å².